The van der Waals surface area contributed by atoms with Gasteiger partial charge in [-0.2, -0.15) is 15.1 Å². The van der Waals surface area contributed by atoms with Gasteiger partial charge in [-0.25, -0.2) is 0 Å². The lowest BCUT2D eigenvalue weighted by Gasteiger charge is -1.98. The van der Waals surface area contributed by atoms with E-state index in [-0.39, 0.29) is 17.2 Å². The smallest absolute Gasteiger partial charge is 0.253 e. The zero-order valence-corrected chi connectivity index (χ0v) is 5.74. The molecular formula is C4H4N6O2. The van der Waals surface area contributed by atoms with Gasteiger partial charge in [-0.1, -0.05) is 4.74 Å². The molecule has 8 heteroatoms. The number of hydrogen-bond donors (Lipinski definition) is 3. The van der Waals surface area contributed by atoms with Gasteiger partial charge in [-0.3, -0.25) is 19.8 Å². The van der Waals surface area contributed by atoms with Crippen LogP contribution in [-0.4, -0.2) is 31.3 Å². The minimum atomic E-state index is -0.193. The molecule has 0 unspecified atom stereocenters. The summed E-state index contributed by atoms with van der Waals surface area (Å²) in [6.45, 7) is 0. The molecule has 0 aliphatic heterocycles. The van der Waals surface area contributed by atoms with E-state index in [1.807, 2.05) is 0 Å². The molecule has 0 saturated carbocycles. The first-order chi connectivity index (χ1) is 5.79. The van der Waals surface area contributed by atoms with Crippen molar-refractivity contribution in [1.82, 2.24) is 24.8 Å². The maximum absolute atomic E-state index is 10.3. The van der Waals surface area contributed by atoms with Crippen molar-refractivity contribution in [3.63, 3.8) is 0 Å². The summed E-state index contributed by atoms with van der Waals surface area (Å²) in [7, 11) is 0. The second-order valence-electron chi connectivity index (χ2n) is 1.97. The lowest BCUT2D eigenvalue weighted by atomic mass is 10.9. The zero-order chi connectivity index (χ0) is 8.55. The Balaban J connectivity index is 2.93. The van der Waals surface area contributed by atoms with Crippen LogP contribution in [0.1, 0.15) is 0 Å². The van der Waals surface area contributed by atoms with E-state index in [9.17, 15) is 4.79 Å². The van der Waals surface area contributed by atoms with Gasteiger partial charge in [0.1, 0.15) is 0 Å². The average Bonchev–Trinajstić information content (AvgIpc) is 2.04. The summed E-state index contributed by atoms with van der Waals surface area (Å²) in [5.74, 6) is 0.363. The SMILES string of the molecule is N=c1nc2[nH]on(C=O)c(n1)[nH]2. The molecule has 0 saturated heterocycles. The van der Waals surface area contributed by atoms with Crippen molar-refractivity contribution in [1.29, 1.82) is 5.41 Å². The van der Waals surface area contributed by atoms with Crippen molar-refractivity contribution >= 4 is 18.0 Å². The van der Waals surface area contributed by atoms with Crippen molar-refractivity contribution in [2.75, 3.05) is 0 Å². The first-order valence-corrected chi connectivity index (χ1v) is 3.00. The topological polar surface area (TPSA) is 116 Å². The van der Waals surface area contributed by atoms with Crippen LogP contribution in [0.25, 0.3) is 11.6 Å². The van der Waals surface area contributed by atoms with Crippen LogP contribution in [0.4, 0.5) is 0 Å². The molecule has 2 bridgehead atoms. The number of rotatable bonds is 1. The number of hydrogen-bond acceptors (Lipinski definition) is 5. The van der Waals surface area contributed by atoms with Gasteiger partial charge in [0, 0.05) is 0 Å². The maximum Gasteiger partial charge on any atom is 0.253 e. The van der Waals surface area contributed by atoms with Gasteiger partial charge < -0.3 is 0 Å². The Kier molecular flexibility index (Phi) is 1.20. The predicted octanol–water partition coefficient (Wildman–Crippen LogP) is -1.24. The molecule has 0 aliphatic rings. The number of H-pyrrole nitrogens is 2. The number of carbonyl (C=O) groups excluding carboxylic acids is 1. The standard InChI is InChI=1S/C4H4N6O2/c5-2-6-3-8-4(7-2)10(1-11)12-9-3/h1H,(H3,5,6,7,8,9). The minimum Gasteiger partial charge on any atom is -0.291 e. The maximum atomic E-state index is 10.3. The molecule has 3 N–H and O–H groups in total. The Bertz CT molecular complexity index is 483. The highest BCUT2D eigenvalue weighted by atomic mass is 16.6. The zero-order valence-electron chi connectivity index (χ0n) is 5.74. The highest BCUT2D eigenvalue weighted by molar-refractivity contribution is 5.56. The summed E-state index contributed by atoms with van der Waals surface area (Å²) in [5, 5.41) is 9.39. The molecule has 0 radical (unpaired) electrons. The molecule has 0 spiro atoms. The Hall–Kier alpha value is -2.12. The quantitative estimate of drug-likeness (QED) is 0.461. The fourth-order valence-corrected chi connectivity index (χ4v) is 0.753. The number of aromatic amines is 2. The normalized spacial score (nSPS) is 10.3. The van der Waals surface area contributed by atoms with Crippen LogP contribution in [-0.2, 0) is 4.79 Å². The van der Waals surface area contributed by atoms with Crippen molar-refractivity contribution in [2.24, 2.45) is 0 Å². The van der Waals surface area contributed by atoms with Gasteiger partial charge in [0.2, 0.25) is 11.4 Å². The number of carbonyl (C=O) groups is 1. The third kappa shape index (κ3) is 0.856. The fraction of sp³-hybridized carbons (Fsp3) is 0. The molecule has 0 aromatic carbocycles. The lowest BCUT2D eigenvalue weighted by molar-refractivity contribution is 0.241. The summed E-state index contributed by atoms with van der Waals surface area (Å²) in [4.78, 5) is 20.1. The molecule has 62 valence electrons. The van der Waals surface area contributed by atoms with Crippen molar-refractivity contribution < 1.29 is 9.42 Å². The number of aromatic nitrogens is 5. The predicted molar refractivity (Wildman–Crippen MR) is 35.3 cm³/mol. The average molecular weight is 168 g/mol. The molecule has 8 nitrogen and oxygen atoms in total. The molecule has 2 aromatic heterocycles. The van der Waals surface area contributed by atoms with E-state index < -0.39 is 0 Å². The molecule has 12 heavy (non-hydrogen) atoms. The van der Waals surface area contributed by atoms with Crippen LogP contribution in [0.15, 0.2) is 4.63 Å². The Labute approximate surface area is 64.3 Å². The van der Waals surface area contributed by atoms with Crippen molar-refractivity contribution in [2.45, 2.75) is 0 Å². The second-order valence-corrected chi connectivity index (χ2v) is 1.97. The molecular weight excluding hydrogens is 164 g/mol. The molecule has 2 rings (SSSR count). The largest absolute Gasteiger partial charge is 0.291 e. The number of fused-ring (bicyclic) bond motifs is 2. The lowest BCUT2D eigenvalue weighted by Crippen LogP contribution is -2.17. The van der Waals surface area contributed by atoms with Crippen LogP contribution < -0.4 is 5.62 Å². The molecule has 2 aromatic rings. The van der Waals surface area contributed by atoms with Crippen molar-refractivity contribution in [3.8, 4) is 0 Å². The van der Waals surface area contributed by atoms with Crippen LogP contribution in [0.3, 0.4) is 0 Å². The van der Waals surface area contributed by atoms with Gasteiger partial charge in [0.15, 0.2) is 0 Å². The summed E-state index contributed by atoms with van der Waals surface area (Å²) < 4.78 is 5.45. The van der Waals surface area contributed by atoms with Gasteiger partial charge in [-0.05, 0) is 0 Å². The van der Waals surface area contributed by atoms with Gasteiger partial charge in [0.05, 0.1) is 0 Å². The van der Waals surface area contributed by atoms with Crippen molar-refractivity contribution in [3.05, 3.63) is 5.62 Å². The monoisotopic (exact) mass is 168 g/mol. The molecule has 2 heterocycles. The summed E-state index contributed by atoms with van der Waals surface area (Å²) in [6.07, 6.45) is 0.411. The Morgan fingerprint density at radius 2 is 2.42 bits per heavy atom. The van der Waals surface area contributed by atoms with Gasteiger partial charge in [0.25, 0.3) is 12.2 Å². The van der Waals surface area contributed by atoms with Crippen LogP contribution in [0.2, 0.25) is 0 Å². The van der Waals surface area contributed by atoms with E-state index in [1.54, 1.807) is 0 Å². The third-order valence-corrected chi connectivity index (χ3v) is 1.20. The molecule has 0 fully saturated rings. The molecule has 0 atom stereocenters. The minimum absolute atomic E-state index is 0.124. The third-order valence-electron chi connectivity index (χ3n) is 1.20. The van der Waals surface area contributed by atoms with E-state index in [0.29, 0.717) is 6.41 Å². The first-order valence-electron chi connectivity index (χ1n) is 3.00. The first kappa shape index (κ1) is 6.58. The van der Waals surface area contributed by atoms with E-state index in [0.717, 1.165) is 4.74 Å². The molecule has 0 amide bonds. The Morgan fingerprint density at radius 1 is 1.58 bits per heavy atom. The van der Waals surface area contributed by atoms with E-state index >= 15 is 0 Å². The second kappa shape index (κ2) is 2.19. The van der Waals surface area contributed by atoms with Gasteiger partial charge in [-0.15, -0.1) is 0 Å². The van der Waals surface area contributed by atoms with E-state index in [2.05, 4.69) is 24.7 Å². The summed E-state index contributed by atoms with van der Waals surface area (Å²) in [5.41, 5.74) is -0.193. The highest BCUT2D eigenvalue weighted by Crippen LogP contribution is 1.89. The highest BCUT2D eigenvalue weighted by Gasteiger charge is 1.99. The summed E-state index contributed by atoms with van der Waals surface area (Å²) in [6, 6.07) is 0. The number of nitrogens with one attached hydrogen (secondary N) is 3. The van der Waals surface area contributed by atoms with Gasteiger partial charge >= 0.3 is 0 Å². The van der Waals surface area contributed by atoms with Crippen LogP contribution in [0, 0.1) is 5.41 Å². The van der Waals surface area contributed by atoms with Crippen LogP contribution >= 0.6 is 0 Å². The van der Waals surface area contributed by atoms with E-state index in [4.69, 9.17) is 5.41 Å². The fourth-order valence-electron chi connectivity index (χ4n) is 0.753. The molecule has 0 aliphatic carbocycles. The van der Waals surface area contributed by atoms with E-state index in [1.165, 1.54) is 0 Å². The summed E-state index contributed by atoms with van der Waals surface area (Å²) >= 11 is 0. The van der Waals surface area contributed by atoms with Crippen LogP contribution in [0.5, 0.6) is 0 Å². The Morgan fingerprint density at radius 3 is 3.17 bits per heavy atom. The number of nitrogens with zero attached hydrogens (tertiary/aromatic N) is 3.